The van der Waals surface area contributed by atoms with Crippen molar-refractivity contribution in [1.29, 1.82) is 5.26 Å². The highest BCUT2D eigenvalue weighted by Crippen LogP contribution is 2.44. The van der Waals surface area contributed by atoms with Crippen LogP contribution in [0.1, 0.15) is 63.9 Å². The van der Waals surface area contributed by atoms with E-state index in [9.17, 15) is 18.5 Å². The topological polar surface area (TPSA) is 104 Å². The lowest BCUT2D eigenvalue weighted by Gasteiger charge is -2.46. The number of anilines is 1. The largest absolute Gasteiger partial charge is 0.462 e. The summed E-state index contributed by atoms with van der Waals surface area (Å²) in [5, 5.41) is 10.9. The summed E-state index contributed by atoms with van der Waals surface area (Å²) in [6.07, 6.45) is 9.75. The average molecular weight is 655 g/mol. The summed E-state index contributed by atoms with van der Waals surface area (Å²) in [6.45, 7) is 6.89. The van der Waals surface area contributed by atoms with E-state index in [-0.39, 0.29) is 33.7 Å². The minimum Gasteiger partial charge on any atom is -0.462 e. The van der Waals surface area contributed by atoms with Gasteiger partial charge in [-0.2, -0.15) is 5.26 Å². The zero-order valence-electron chi connectivity index (χ0n) is 27.3. The van der Waals surface area contributed by atoms with Gasteiger partial charge in [-0.15, -0.1) is 0 Å². The van der Waals surface area contributed by atoms with Crippen LogP contribution in [0.3, 0.4) is 0 Å². The van der Waals surface area contributed by atoms with Crippen molar-refractivity contribution in [2.75, 3.05) is 37.6 Å². The number of nitrogens with zero attached hydrogens (tertiary/aromatic N) is 4. The van der Waals surface area contributed by atoms with Crippen molar-refractivity contribution in [1.82, 2.24) is 9.88 Å². The van der Waals surface area contributed by atoms with Crippen molar-refractivity contribution in [2.45, 2.75) is 79.6 Å². The van der Waals surface area contributed by atoms with Gasteiger partial charge < -0.3 is 14.5 Å². The summed E-state index contributed by atoms with van der Waals surface area (Å²) in [5.41, 5.74) is 1.38. The average Bonchev–Trinajstić information content (AvgIpc) is 3.05. The lowest BCUT2D eigenvalue weighted by molar-refractivity contribution is -0.158. The van der Waals surface area contributed by atoms with E-state index in [1.807, 2.05) is 30.3 Å². The van der Waals surface area contributed by atoms with Crippen LogP contribution in [0.5, 0.6) is 0 Å². The van der Waals surface area contributed by atoms with E-state index in [1.165, 1.54) is 24.5 Å². The second-order valence-electron chi connectivity index (χ2n) is 13.7. The van der Waals surface area contributed by atoms with Gasteiger partial charge in [-0.1, -0.05) is 50.1 Å². The first kappa shape index (κ1) is 33.2. The molecular weight excluding hydrogens is 609 g/mol. The molecule has 3 heterocycles. The highest BCUT2D eigenvalue weighted by molar-refractivity contribution is 7.91. The van der Waals surface area contributed by atoms with Crippen molar-refractivity contribution in [3.05, 3.63) is 84.7 Å². The summed E-state index contributed by atoms with van der Waals surface area (Å²) in [7, 11) is -3.56. The Morgan fingerprint density at radius 3 is 2.23 bits per heavy atom. The monoisotopic (exact) mass is 654 g/mol. The number of ether oxygens (including phenoxy) is 1. The van der Waals surface area contributed by atoms with Gasteiger partial charge in [0.25, 0.3) is 0 Å². The molecule has 1 saturated carbocycles. The van der Waals surface area contributed by atoms with Gasteiger partial charge in [-0.05, 0) is 93.1 Å². The molecule has 2 saturated heterocycles. The molecule has 0 N–H and O–H groups in total. The lowest BCUT2D eigenvalue weighted by Crippen LogP contribution is -2.53. The van der Waals surface area contributed by atoms with Crippen LogP contribution in [0, 0.1) is 29.1 Å². The lowest BCUT2D eigenvalue weighted by atomic mass is 9.64. The Kier molecular flexibility index (Phi) is 10.3. The highest BCUT2D eigenvalue weighted by Gasteiger charge is 2.45. The highest BCUT2D eigenvalue weighted by atomic mass is 32.2. The maximum atomic E-state index is 12.9. The predicted octanol–water partition coefficient (Wildman–Crippen LogP) is 6.43. The smallest absolute Gasteiger partial charge is 0.309 e. The zero-order chi connectivity index (χ0) is 32.9. The molecule has 1 aliphatic carbocycles. The van der Waals surface area contributed by atoms with E-state index >= 15 is 0 Å². The van der Waals surface area contributed by atoms with Gasteiger partial charge in [-0.25, -0.2) is 8.42 Å². The molecule has 9 heteroatoms. The molecule has 0 amide bonds. The Morgan fingerprint density at radius 2 is 1.64 bits per heavy atom. The Hall–Kier alpha value is -3.74. The van der Waals surface area contributed by atoms with E-state index in [2.05, 4.69) is 39.9 Å². The van der Waals surface area contributed by atoms with Gasteiger partial charge in [0.05, 0.1) is 27.2 Å². The number of carbonyl (C=O) groups is 1. The first-order valence-electron chi connectivity index (χ1n) is 17.2. The number of hydrogen-bond donors (Lipinski definition) is 0. The second kappa shape index (κ2) is 14.6. The maximum Gasteiger partial charge on any atom is 0.309 e. The van der Waals surface area contributed by atoms with Gasteiger partial charge in [0.2, 0.25) is 9.84 Å². The molecule has 0 spiro atoms. The summed E-state index contributed by atoms with van der Waals surface area (Å²) in [5.74, 6) is 0.681. The van der Waals surface area contributed by atoms with Gasteiger partial charge >= 0.3 is 5.97 Å². The number of hydrogen-bond acceptors (Lipinski definition) is 8. The van der Waals surface area contributed by atoms with Crippen LogP contribution in [0.4, 0.5) is 5.69 Å². The first-order valence-corrected chi connectivity index (χ1v) is 18.7. The third-order valence-corrected chi connectivity index (χ3v) is 12.4. The molecule has 1 aromatic heterocycles. The fourth-order valence-electron chi connectivity index (χ4n) is 7.60. The number of aromatic nitrogens is 1. The molecule has 2 aromatic carbocycles. The number of esters is 1. The predicted molar refractivity (Wildman–Crippen MR) is 181 cm³/mol. The van der Waals surface area contributed by atoms with E-state index in [0.29, 0.717) is 12.3 Å². The van der Waals surface area contributed by atoms with E-state index in [0.717, 1.165) is 88.9 Å². The summed E-state index contributed by atoms with van der Waals surface area (Å²) >= 11 is 0. The van der Waals surface area contributed by atoms with Crippen molar-refractivity contribution in [3.8, 4) is 6.07 Å². The third-order valence-electron chi connectivity index (χ3n) is 10.6. The minimum atomic E-state index is -3.56. The quantitative estimate of drug-likeness (QED) is 0.195. The van der Waals surface area contributed by atoms with Crippen LogP contribution in [0.2, 0.25) is 0 Å². The summed E-state index contributed by atoms with van der Waals surface area (Å²) in [6, 6.07) is 23.2. The van der Waals surface area contributed by atoms with Gasteiger partial charge in [0, 0.05) is 50.1 Å². The van der Waals surface area contributed by atoms with Gasteiger partial charge in [0.15, 0.2) is 0 Å². The third kappa shape index (κ3) is 7.24. The van der Waals surface area contributed by atoms with Crippen molar-refractivity contribution < 1.29 is 17.9 Å². The van der Waals surface area contributed by atoms with Crippen molar-refractivity contribution in [2.24, 2.45) is 17.8 Å². The molecule has 8 nitrogen and oxygen atoms in total. The van der Waals surface area contributed by atoms with Gasteiger partial charge in [0.1, 0.15) is 6.10 Å². The molecular formula is C38H46N4O4S. The Morgan fingerprint density at radius 1 is 0.979 bits per heavy atom. The van der Waals surface area contributed by atoms with Crippen LogP contribution in [0.15, 0.2) is 88.9 Å². The van der Waals surface area contributed by atoms with E-state index in [4.69, 9.17) is 4.74 Å². The zero-order valence-corrected chi connectivity index (χ0v) is 28.2. The number of pyridine rings is 1. The van der Waals surface area contributed by atoms with Crippen LogP contribution >= 0.6 is 0 Å². The van der Waals surface area contributed by atoms with Gasteiger partial charge in [-0.3, -0.25) is 9.78 Å². The van der Waals surface area contributed by atoms with E-state index < -0.39 is 15.3 Å². The number of rotatable bonds is 13. The number of sulfone groups is 1. The molecule has 0 radical (unpaired) electrons. The fraction of sp³-hybridized carbons (Fsp3) is 0.500. The number of nitriles is 1. The standard InChI is InChI=1S/C38H46N4O4S/c1-2-7-34(46-37(43)30-8-6-9-30)24-38(28-39,31-10-4-3-5-11-31)32-18-22-41(23-19-32)25-29-26-42(27-29)33-12-14-35(15-13-33)47(44,45)36-16-20-40-21-17-36/h3-5,10-17,20-21,29-30,32,34H,2,6-9,18-19,22-27H2,1H3/t34-,38?/m1/s1. The molecule has 2 atom stereocenters. The number of piperidine rings is 1. The van der Waals surface area contributed by atoms with Crippen LogP contribution in [0.25, 0.3) is 0 Å². The molecule has 0 bridgehead atoms. The first-order chi connectivity index (χ1) is 22.8. The Bertz CT molecular complexity index is 1630. The Balaban J connectivity index is 1.05. The molecule has 2 aliphatic heterocycles. The fourth-order valence-corrected chi connectivity index (χ4v) is 8.85. The van der Waals surface area contributed by atoms with Crippen LogP contribution < -0.4 is 4.90 Å². The molecule has 248 valence electrons. The normalized spacial score (nSPS) is 20.0. The molecule has 3 aromatic rings. The van der Waals surface area contributed by atoms with Crippen molar-refractivity contribution in [3.63, 3.8) is 0 Å². The van der Waals surface area contributed by atoms with Crippen LogP contribution in [-0.2, 0) is 24.8 Å². The second-order valence-corrected chi connectivity index (χ2v) is 15.6. The van der Waals surface area contributed by atoms with Crippen LogP contribution in [-0.4, -0.2) is 63.1 Å². The SMILES string of the molecule is CCC[C@H](CC(C#N)(c1ccccc1)C1CCN(CC2CN(c3ccc(S(=O)(=O)c4ccncc4)cc3)C2)CC1)OC(=O)C1CCC1. The Labute approximate surface area is 279 Å². The molecule has 3 aliphatic rings. The summed E-state index contributed by atoms with van der Waals surface area (Å²) < 4.78 is 32.0. The number of likely N-dealkylation sites (tertiary alicyclic amines) is 1. The van der Waals surface area contributed by atoms with E-state index in [1.54, 1.807) is 12.1 Å². The molecule has 6 rings (SSSR count). The minimum absolute atomic E-state index is 0.0290. The number of benzene rings is 2. The maximum absolute atomic E-state index is 12.9. The van der Waals surface area contributed by atoms with Crippen molar-refractivity contribution >= 4 is 21.5 Å². The molecule has 3 fully saturated rings. The summed E-state index contributed by atoms with van der Waals surface area (Å²) in [4.78, 5) is 22.1. The molecule has 1 unspecified atom stereocenters. The molecule has 47 heavy (non-hydrogen) atoms. The number of carbonyl (C=O) groups excluding carboxylic acids is 1.